The molecule has 0 unspecified atom stereocenters. The molecule has 14 heavy (non-hydrogen) atoms. The minimum atomic E-state index is -5.61. The van der Waals surface area contributed by atoms with Crippen molar-refractivity contribution >= 4 is 139 Å². The van der Waals surface area contributed by atoms with Gasteiger partial charge in [0.05, 0.1) is 0 Å². The van der Waals surface area contributed by atoms with Crippen LogP contribution in [-0.2, 0) is 19.5 Å². The SMILES string of the molecule is [Ca+2].[Ca+2].[O-][Si]([O-])([O-])[O-].[O-][Si]([O-])([O-])[O-].[Sr+2].[Zn+2]. The molecule has 0 heterocycles. The molecule has 0 aromatic rings. The van der Waals surface area contributed by atoms with Crippen LogP contribution in [0.3, 0.4) is 0 Å². The van der Waals surface area contributed by atoms with Gasteiger partial charge in [0.25, 0.3) is 0 Å². The molecule has 0 amide bonds. The predicted molar refractivity (Wildman–Crippen MR) is 28.8 cm³/mol. The van der Waals surface area contributed by atoms with Crippen LogP contribution < -0.4 is 38.4 Å². The van der Waals surface area contributed by atoms with Gasteiger partial charge in [0.15, 0.2) is 0 Å². The van der Waals surface area contributed by atoms with Gasteiger partial charge in [0.1, 0.15) is 0 Å². The molecule has 64 valence electrons. The molecule has 0 aromatic carbocycles. The van der Waals surface area contributed by atoms with Crippen LogP contribution >= 0.6 is 0 Å². The summed E-state index contributed by atoms with van der Waals surface area (Å²) in [6.45, 7) is 0. The van der Waals surface area contributed by atoms with Crippen LogP contribution in [0.2, 0.25) is 0 Å². The van der Waals surface area contributed by atoms with Crippen molar-refractivity contribution in [3.8, 4) is 0 Å². The summed E-state index contributed by atoms with van der Waals surface area (Å²) in [5.41, 5.74) is 0. The fourth-order valence-electron chi connectivity index (χ4n) is 0. The summed E-state index contributed by atoms with van der Waals surface area (Å²) in [6.07, 6.45) is 0. The molecule has 0 aliphatic heterocycles. The van der Waals surface area contributed by atoms with E-state index in [1.165, 1.54) is 0 Å². The molecule has 0 spiro atoms. The van der Waals surface area contributed by atoms with Gasteiger partial charge in [-0.05, 0) is 0 Å². The maximum Gasteiger partial charge on any atom is 2.00 e. The maximum absolute atomic E-state index is 8.58. The van der Waals surface area contributed by atoms with Crippen LogP contribution in [0.15, 0.2) is 0 Å². The molecule has 0 aliphatic rings. The van der Waals surface area contributed by atoms with E-state index in [0.29, 0.717) is 0 Å². The van der Waals surface area contributed by atoms with Crippen LogP contribution in [0.5, 0.6) is 0 Å². The summed E-state index contributed by atoms with van der Waals surface area (Å²) in [4.78, 5) is 68.6. The molecule has 0 atom stereocenters. The first-order valence-corrected chi connectivity index (χ1v) is 4.90. The predicted octanol–water partition coefficient (Wildman–Crippen LogP) is -11.4. The molecular formula is Ca2O8Si2SrZn. The normalized spacial score (nSPS) is 8.57. The molecule has 0 aliphatic carbocycles. The fourth-order valence-corrected chi connectivity index (χ4v) is 0. The van der Waals surface area contributed by atoms with Crippen molar-refractivity contribution in [2.75, 3.05) is 0 Å². The summed E-state index contributed by atoms with van der Waals surface area (Å²) in [6, 6.07) is 0. The van der Waals surface area contributed by atoms with Gasteiger partial charge in [-0.15, -0.1) is 0 Å². The van der Waals surface area contributed by atoms with Gasteiger partial charge in [-0.2, -0.15) is 0 Å². The largest absolute Gasteiger partial charge is 2.00 e. The second-order valence-corrected chi connectivity index (χ2v) is 3.00. The van der Waals surface area contributed by atoms with Crippen molar-refractivity contribution in [1.29, 1.82) is 0 Å². The van der Waals surface area contributed by atoms with Crippen molar-refractivity contribution in [2.24, 2.45) is 0 Å². The minimum absolute atomic E-state index is 0. The number of hydrogen-bond acceptors (Lipinski definition) is 8. The topological polar surface area (TPSA) is 184 Å². The first-order chi connectivity index (χ1) is 4.00. The van der Waals surface area contributed by atoms with Gasteiger partial charge in [-0.1, -0.05) is 0 Å². The zero-order valence-corrected chi connectivity index (χ0v) is 20.0. The molecule has 0 aromatic heterocycles. The van der Waals surface area contributed by atoms with Crippen molar-refractivity contribution < 1.29 is 57.8 Å². The Labute approximate surface area is 192 Å². The Hall–Kier alpha value is 4.74. The third-order valence-corrected chi connectivity index (χ3v) is 0. The van der Waals surface area contributed by atoms with Crippen LogP contribution in [0.4, 0.5) is 0 Å². The molecule has 0 saturated carbocycles. The molecule has 14 heteroatoms. The van der Waals surface area contributed by atoms with E-state index in [1.54, 1.807) is 0 Å². The molecule has 0 radical (unpaired) electrons. The van der Waals surface area contributed by atoms with Crippen LogP contribution in [-0.4, -0.2) is 139 Å². The van der Waals surface area contributed by atoms with Gasteiger partial charge in [-0.25, -0.2) is 0 Å². The van der Waals surface area contributed by atoms with Crippen molar-refractivity contribution in [3.05, 3.63) is 0 Å². The Kier molecular flexibility index (Phi) is 46.0. The zero-order chi connectivity index (χ0) is 9.00. The Morgan fingerprint density at radius 3 is 0.500 bits per heavy atom. The zero-order valence-electron chi connectivity index (χ0n) is 7.09. The van der Waals surface area contributed by atoms with E-state index >= 15 is 0 Å². The van der Waals surface area contributed by atoms with Crippen molar-refractivity contribution in [3.63, 3.8) is 0 Å². The third kappa shape index (κ3) is 185. The maximum atomic E-state index is 8.58. The molecule has 0 saturated heterocycles. The molecular weight excluding hydrogens is 417 g/mol. The summed E-state index contributed by atoms with van der Waals surface area (Å²) >= 11 is 0. The average molecular weight is 417 g/mol. The fraction of sp³-hybridized carbons (Fsp3) is 0. The van der Waals surface area contributed by atoms with Gasteiger partial charge >= 0.3 is 140 Å². The summed E-state index contributed by atoms with van der Waals surface area (Å²) < 4.78 is 0. The standard InChI is InChI=1S/2Ca.2O4Si.Sr.Zn/c;;2*1-5(2,3)4;;/q2*+2;2*-4;2*+2. The monoisotopic (exact) mass is 416 g/mol. The van der Waals surface area contributed by atoms with Gasteiger partial charge in [0, 0.05) is 0 Å². The van der Waals surface area contributed by atoms with E-state index in [0.717, 1.165) is 0 Å². The van der Waals surface area contributed by atoms with E-state index in [2.05, 4.69) is 0 Å². The molecule has 0 bridgehead atoms. The Balaban J connectivity index is -0.0000000178. The van der Waals surface area contributed by atoms with Gasteiger partial charge in [0.2, 0.25) is 0 Å². The quantitative estimate of drug-likeness (QED) is 0.348. The van der Waals surface area contributed by atoms with E-state index in [-0.39, 0.29) is 140 Å². The smallest absolute Gasteiger partial charge is 0.894 e. The van der Waals surface area contributed by atoms with Crippen molar-refractivity contribution in [1.82, 2.24) is 0 Å². The number of hydrogen-bond donors (Lipinski definition) is 0. The average Bonchev–Trinajstić information content (AvgIpc) is 1.12. The Morgan fingerprint density at radius 1 is 0.500 bits per heavy atom. The van der Waals surface area contributed by atoms with E-state index in [9.17, 15) is 0 Å². The number of rotatable bonds is 0. The van der Waals surface area contributed by atoms with Gasteiger partial charge < -0.3 is 56.5 Å². The molecule has 0 N–H and O–H groups in total. The first-order valence-electron chi connectivity index (χ1n) is 1.63. The van der Waals surface area contributed by atoms with Crippen LogP contribution in [0.1, 0.15) is 0 Å². The van der Waals surface area contributed by atoms with Crippen LogP contribution in [0.25, 0.3) is 0 Å². The van der Waals surface area contributed by atoms with Crippen LogP contribution in [0, 0.1) is 0 Å². The summed E-state index contributed by atoms with van der Waals surface area (Å²) in [5.74, 6) is 0. The summed E-state index contributed by atoms with van der Waals surface area (Å²) in [7, 11) is -11.2. The molecule has 0 rings (SSSR count). The Bertz CT molecular complexity index is 68.3. The summed E-state index contributed by atoms with van der Waals surface area (Å²) in [5, 5.41) is 0. The Morgan fingerprint density at radius 2 is 0.500 bits per heavy atom. The minimum Gasteiger partial charge on any atom is -0.894 e. The van der Waals surface area contributed by atoms with Crippen molar-refractivity contribution in [2.45, 2.75) is 0 Å². The third-order valence-electron chi connectivity index (χ3n) is 0. The second-order valence-electron chi connectivity index (χ2n) is 1.00. The molecule has 8 nitrogen and oxygen atoms in total. The van der Waals surface area contributed by atoms with Gasteiger partial charge in [-0.3, -0.25) is 0 Å². The first kappa shape index (κ1) is 36.3. The van der Waals surface area contributed by atoms with E-state index < -0.39 is 18.1 Å². The second kappa shape index (κ2) is 17.7. The van der Waals surface area contributed by atoms with E-state index in [1.807, 2.05) is 0 Å². The van der Waals surface area contributed by atoms with E-state index in [4.69, 9.17) is 38.4 Å². The molecule has 0 fully saturated rings.